The smallest absolute Gasteiger partial charge is 0.212 e. The molecule has 582 valence electrons. The molecule has 10 aromatic carbocycles. The van der Waals surface area contributed by atoms with Crippen LogP contribution in [0.3, 0.4) is 0 Å². The van der Waals surface area contributed by atoms with Crippen molar-refractivity contribution in [2.45, 2.75) is 149 Å². The second kappa shape index (κ2) is 33.4. The van der Waals surface area contributed by atoms with Gasteiger partial charge in [0, 0.05) is 75.1 Å². The van der Waals surface area contributed by atoms with Gasteiger partial charge in [-0.2, -0.15) is 15.8 Å². The van der Waals surface area contributed by atoms with Gasteiger partial charge in [0.1, 0.15) is 49.0 Å². The summed E-state index contributed by atoms with van der Waals surface area (Å²) in [5.41, 5.74) is 34.5. The van der Waals surface area contributed by atoms with Crippen molar-refractivity contribution in [3.05, 3.63) is 303 Å². The van der Waals surface area contributed by atoms with Crippen molar-refractivity contribution >= 4 is 125 Å². The van der Waals surface area contributed by atoms with Crippen molar-refractivity contribution in [1.82, 2.24) is 0 Å². The summed E-state index contributed by atoms with van der Waals surface area (Å²) in [6.07, 6.45) is 0.296. The molecule has 0 radical (unpaired) electrons. The number of aryl methyl sites for hydroxylation is 9. The SMILES string of the molecule is [C-]#[N+]c1cc([N+]#[C-])c2c(c1)N(C)[C@H](C)N2c1c(C)cc(C)c(C)c1C.[C-]#[N+]c1cc([N+]#[C-])c2c(c1)N(C)[C@H](C)N2c1c(C)ccc(C)c1C.[C-]#[N+]c1ccc(C#N)c2c1N(c1cc(C)ccc1C)[C@@H](C)N2C.[C-]#[N+]c1ccc(C#N)c2c1N(c1ccc(C)cc1C)[C@@H](C)N2C.[C-]#[N+]c1ccc(C#N)c2c1N(c1ccccc1C)[C@@H](C)N2C. The molecular weight excluding hydrogens is 1450 g/mol. The van der Waals surface area contributed by atoms with E-state index in [0.717, 1.165) is 96.3 Å². The summed E-state index contributed by atoms with van der Waals surface area (Å²) in [5, 5.41) is 28.3. The van der Waals surface area contributed by atoms with Crippen molar-refractivity contribution in [2.24, 2.45) is 0 Å². The molecule has 0 unspecified atom stereocenters. The van der Waals surface area contributed by atoms with Crippen LogP contribution in [0.25, 0.3) is 33.9 Å². The van der Waals surface area contributed by atoms with Crippen LogP contribution in [-0.4, -0.2) is 66.1 Å². The van der Waals surface area contributed by atoms with Crippen molar-refractivity contribution < 1.29 is 0 Å². The quantitative estimate of drug-likeness (QED) is 0.151. The topological polar surface area (TPSA) is 134 Å². The molecule has 0 amide bonds. The number of fused-ring (bicyclic) bond motifs is 5. The van der Waals surface area contributed by atoms with Crippen molar-refractivity contribution in [2.75, 3.05) is 84.2 Å². The van der Waals surface area contributed by atoms with E-state index >= 15 is 0 Å². The van der Waals surface area contributed by atoms with Crippen LogP contribution in [0.1, 0.15) is 118 Å². The number of anilines is 15. The first-order valence-corrected chi connectivity index (χ1v) is 38.4. The van der Waals surface area contributed by atoms with Crippen LogP contribution in [0.15, 0.2) is 140 Å². The molecule has 0 aliphatic carbocycles. The van der Waals surface area contributed by atoms with E-state index in [0.29, 0.717) is 56.5 Å². The average Bonchev–Trinajstić information content (AvgIpc) is 1.63. The van der Waals surface area contributed by atoms with Gasteiger partial charge in [0.25, 0.3) is 0 Å². The van der Waals surface area contributed by atoms with E-state index in [4.69, 9.17) is 46.0 Å². The molecule has 5 aliphatic rings. The van der Waals surface area contributed by atoms with Gasteiger partial charge in [-0.1, -0.05) is 103 Å². The van der Waals surface area contributed by atoms with Crippen LogP contribution in [0.5, 0.6) is 0 Å². The maximum absolute atomic E-state index is 9.45. The Balaban J connectivity index is 0.000000144. The third-order valence-corrected chi connectivity index (χ3v) is 23.7. The van der Waals surface area contributed by atoms with Gasteiger partial charge >= 0.3 is 0 Å². The van der Waals surface area contributed by atoms with Gasteiger partial charge in [-0.3, -0.25) is 0 Å². The summed E-state index contributed by atoms with van der Waals surface area (Å²) >= 11 is 0. The van der Waals surface area contributed by atoms with E-state index in [1.165, 1.54) is 55.8 Å². The Bertz CT molecular complexity index is 6170. The predicted octanol–water partition coefficient (Wildman–Crippen LogP) is 25.3. The second-order valence-corrected chi connectivity index (χ2v) is 30.5. The number of hydrogen-bond donors (Lipinski definition) is 0. The third-order valence-electron chi connectivity index (χ3n) is 23.7. The first-order chi connectivity index (χ1) is 55.8. The molecule has 0 N–H and O–H groups in total. The molecule has 5 atom stereocenters. The molecule has 0 saturated carbocycles. The standard InChI is InChI=1S/C21H22N4.C20H20N4.2C19H18N4.C18H16N4/c1-12-9-13(2)20(15(4)14(12)3)25-16(5)24(8)19-11-17(22-6)10-18(23-7)21(19)25;1-12-8-9-13(2)19(14(12)3)24-15(4)23(7)18-11-16(21-5)10-17(22-6)20(18)24;1-12-6-9-17(13(2)10-12)23-14(3)22(5)18-15(11-20)7-8-16(21-4)19(18)23;1-12-6-7-13(2)17(10-12)23-14(3)22(5)18-15(11-20)8-9-16(21-4)19(18)23;1-12-7-5-6-8-16(12)22-13(2)21(4)17-14(11-19)9-10-15(20-3)18(17)22/h9-11,16H,1-5,8H3;8-11,15H,1-4,7H3;2*6-10,14H,1-3,5H3;5-10,13H,1-2,4H3/t16-;15-;2*14-;13-/m00000/s1. The average molecular weight is 1540 g/mol. The molecule has 0 saturated heterocycles. The Morgan fingerprint density at radius 1 is 0.256 bits per heavy atom. The highest BCUT2D eigenvalue weighted by molar-refractivity contribution is 6.01. The Morgan fingerprint density at radius 2 is 0.615 bits per heavy atom. The lowest BCUT2D eigenvalue weighted by atomic mass is 9.97. The molecule has 5 aliphatic heterocycles. The van der Waals surface area contributed by atoms with E-state index in [1.807, 2.05) is 59.5 Å². The molecule has 0 fully saturated rings. The van der Waals surface area contributed by atoms with Crippen LogP contribution in [0, 0.1) is 163 Å². The Hall–Kier alpha value is -14.9. The zero-order valence-corrected chi connectivity index (χ0v) is 70.6. The maximum Gasteiger partial charge on any atom is 0.212 e. The lowest BCUT2D eigenvalue weighted by Crippen LogP contribution is -2.36. The molecular formula is C97H94N20. The number of nitriles is 3. The number of hydrogen-bond acceptors (Lipinski definition) is 13. The molecule has 15 rings (SSSR count). The van der Waals surface area contributed by atoms with Crippen molar-refractivity contribution in [3.8, 4) is 18.2 Å². The van der Waals surface area contributed by atoms with Gasteiger partial charge in [0.2, 0.25) is 28.4 Å². The van der Waals surface area contributed by atoms with E-state index in [-0.39, 0.29) is 30.8 Å². The molecule has 20 heteroatoms. The maximum atomic E-state index is 9.45. The molecule has 117 heavy (non-hydrogen) atoms. The fraction of sp³-hybridized carbons (Fsp3) is 0.278. The minimum absolute atomic E-state index is 0.0421. The van der Waals surface area contributed by atoms with Crippen LogP contribution in [0.2, 0.25) is 0 Å². The minimum Gasteiger partial charge on any atom is -0.355 e. The van der Waals surface area contributed by atoms with Crippen LogP contribution in [-0.2, 0) is 0 Å². The van der Waals surface area contributed by atoms with E-state index in [2.05, 4.69) is 286 Å². The van der Waals surface area contributed by atoms with Crippen molar-refractivity contribution in [3.63, 3.8) is 0 Å². The fourth-order valence-corrected chi connectivity index (χ4v) is 16.7. The highest BCUT2D eigenvalue weighted by Crippen LogP contribution is 2.58. The number of nitrogens with zero attached hydrogens (tertiary/aromatic N) is 20. The Labute approximate surface area is 690 Å². The van der Waals surface area contributed by atoms with Crippen LogP contribution < -0.4 is 49.0 Å². The van der Waals surface area contributed by atoms with E-state index in [1.54, 1.807) is 48.5 Å². The summed E-state index contributed by atoms with van der Waals surface area (Å²) in [4.78, 5) is 47.0. The zero-order chi connectivity index (χ0) is 85.4. The predicted molar refractivity (Wildman–Crippen MR) is 479 cm³/mol. The van der Waals surface area contributed by atoms with Gasteiger partial charge in [-0.25, -0.2) is 33.9 Å². The summed E-state index contributed by atoms with van der Waals surface area (Å²) in [7, 11) is 9.96. The first kappa shape index (κ1) is 83.0. The fourth-order valence-electron chi connectivity index (χ4n) is 16.7. The van der Waals surface area contributed by atoms with Gasteiger partial charge in [-0.05, 0) is 221 Å². The largest absolute Gasteiger partial charge is 0.355 e. The molecule has 0 spiro atoms. The summed E-state index contributed by atoms with van der Waals surface area (Å²) < 4.78 is 0. The number of para-hydroxylation sites is 1. The lowest BCUT2D eigenvalue weighted by molar-refractivity contribution is 0.731. The normalized spacial score (nSPS) is 15.9. The highest BCUT2D eigenvalue weighted by atomic mass is 15.4. The molecule has 0 aromatic heterocycles. The van der Waals surface area contributed by atoms with E-state index < -0.39 is 0 Å². The minimum atomic E-state index is 0.0421. The van der Waals surface area contributed by atoms with Crippen molar-refractivity contribution in [1.29, 1.82) is 15.8 Å². The molecule has 20 nitrogen and oxygen atoms in total. The van der Waals surface area contributed by atoms with Crippen LogP contribution >= 0.6 is 0 Å². The summed E-state index contributed by atoms with van der Waals surface area (Å²) in [6, 6.07) is 51.6. The molecule has 5 heterocycles. The molecule has 10 aromatic rings. The number of rotatable bonds is 5. The summed E-state index contributed by atoms with van der Waals surface area (Å²) in [5.74, 6) is 0. The number of benzene rings is 10. The van der Waals surface area contributed by atoms with Crippen LogP contribution in [0.4, 0.5) is 125 Å². The monoisotopic (exact) mass is 1540 g/mol. The van der Waals surface area contributed by atoms with Gasteiger partial charge in [0.05, 0.1) is 108 Å². The zero-order valence-electron chi connectivity index (χ0n) is 70.6. The first-order valence-electron chi connectivity index (χ1n) is 38.4. The Kier molecular flexibility index (Phi) is 23.7. The third kappa shape index (κ3) is 14.5. The Morgan fingerprint density at radius 3 is 1.02 bits per heavy atom. The lowest BCUT2D eigenvalue weighted by Gasteiger charge is -2.32. The van der Waals surface area contributed by atoms with Gasteiger partial charge < -0.3 is 49.0 Å². The molecule has 0 bridgehead atoms. The van der Waals surface area contributed by atoms with Gasteiger partial charge in [0.15, 0.2) is 11.4 Å². The summed E-state index contributed by atoms with van der Waals surface area (Å²) in [6.45, 7) is 88.2. The van der Waals surface area contributed by atoms with E-state index in [9.17, 15) is 15.8 Å². The second-order valence-electron chi connectivity index (χ2n) is 30.5. The van der Waals surface area contributed by atoms with Gasteiger partial charge in [-0.15, -0.1) is 0 Å². The highest BCUT2D eigenvalue weighted by Gasteiger charge is 2.42.